The molecule has 0 saturated heterocycles. The van der Waals surface area contributed by atoms with Crippen molar-refractivity contribution in [2.45, 2.75) is 62.4 Å². The maximum absolute atomic E-state index is 6.57. The summed E-state index contributed by atoms with van der Waals surface area (Å²) in [6.07, 6.45) is 6.11. The van der Waals surface area contributed by atoms with E-state index >= 15 is 0 Å². The summed E-state index contributed by atoms with van der Waals surface area (Å²) in [4.78, 5) is 0. The minimum Gasteiger partial charge on any atom is -0.492 e. The van der Waals surface area contributed by atoms with E-state index in [1.165, 1.54) is 33.4 Å². The summed E-state index contributed by atoms with van der Waals surface area (Å²) in [7, 11) is 4.09. The maximum Gasteiger partial charge on any atom is 0.138 e. The zero-order valence-electron chi connectivity index (χ0n) is 25.6. The zero-order valence-corrected chi connectivity index (χ0v) is 27.1. The number of hydrogen-bond donors (Lipinski definition) is 2. The summed E-state index contributed by atoms with van der Waals surface area (Å²) in [6.45, 7) is 1.16. The van der Waals surface area contributed by atoms with Gasteiger partial charge in [-0.05, 0) is 110 Å². The summed E-state index contributed by atoms with van der Waals surface area (Å²) in [5, 5.41) is 8.24. The standard InChI is InChI=1S/C38H42Cl2N2O2/c1-41-35-19-15-27(29-9-3-5-11-31(29)35)25-13-17-33(39)37(23-25)43-21-7-8-22-44-38-24-26(14-18-34(38)40)28-16-20-36(42-2)32-12-6-4-10-30(28)32/h3-6,9-14,17-18,23-24,27-28,35-36,41-42H,7-8,15-16,19-22H2,1-2H3. The van der Waals surface area contributed by atoms with E-state index in [2.05, 4.69) is 83.4 Å². The molecule has 2 aliphatic rings. The predicted molar refractivity (Wildman–Crippen MR) is 182 cm³/mol. The number of benzene rings is 4. The molecule has 4 nitrogen and oxygen atoms in total. The van der Waals surface area contributed by atoms with E-state index in [1.54, 1.807) is 0 Å². The summed E-state index contributed by atoms with van der Waals surface area (Å²) < 4.78 is 12.4. The number of unbranched alkanes of at least 4 members (excludes halogenated alkanes) is 1. The Balaban J connectivity index is 1.04. The van der Waals surface area contributed by atoms with Gasteiger partial charge in [0.25, 0.3) is 0 Å². The fourth-order valence-electron chi connectivity index (χ4n) is 7.13. The number of fused-ring (bicyclic) bond motifs is 2. The molecular weight excluding hydrogens is 587 g/mol. The van der Waals surface area contributed by atoms with E-state index in [0.717, 1.165) is 50.0 Å². The molecule has 2 N–H and O–H groups in total. The summed E-state index contributed by atoms with van der Waals surface area (Å²) >= 11 is 13.1. The Morgan fingerprint density at radius 1 is 0.568 bits per heavy atom. The van der Waals surface area contributed by atoms with Crippen LogP contribution in [-0.4, -0.2) is 27.3 Å². The van der Waals surface area contributed by atoms with Crippen LogP contribution in [-0.2, 0) is 0 Å². The maximum atomic E-state index is 6.57. The highest BCUT2D eigenvalue weighted by atomic mass is 35.5. The fraction of sp³-hybridized carbons (Fsp3) is 0.368. The van der Waals surface area contributed by atoms with Gasteiger partial charge < -0.3 is 20.1 Å². The SMILES string of the molecule is CNC1CCC(c2ccc(Cl)c(OCCCCOc3cc(C4CCC(NC)c5ccccc54)ccc3Cl)c2)c2ccccc21. The van der Waals surface area contributed by atoms with Gasteiger partial charge in [-0.25, -0.2) is 0 Å². The molecule has 0 aromatic heterocycles. The van der Waals surface area contributed by atoms with E-state index in [-0.39, 0.29) is 0 Å². The Morgan fingerprint density at radius 2 is 0.977 bits per heavy atom. The van der Waals surface area contributed by atoms with Crippen molar-refractivity contribution in [1.82, 2.24) is 10.6 Å². The van der Waals surface area contributed by atoms with Crippen LogP contribution in [0.4, 0.5) is 0 Å². The third-order valence-corrected chi connectivity index (χ3v) is 10.1. The molecule has 4 atom stereocenters. The normalized spacial score (nSPS) is 20.9. The van der Waals surface area contributed by atoms with Crippen molar-refractivity contribution in [1.29, 1.82) is 0 Å². The van der Waals surface area contributed by atoms with Gasteiger partial charge in [0.1, 0.15) is 11.5 Å². The van der Waals surface area contributed by atoms with Gasteiger partial charge in [-0.3, -0.25) is 0 Å². The van der Waals surface area contributed by atoms with Crippen LogP contribution in [0.25, 0.3) is 0 Å². The van der Waals surface area contributed by atoms with Gasteiger partial charge in [0, 0.05) is 23.9 Å². The largest absolute Gasteiger partial charge is 0.492 e. The molecule has 0 bridgehead atoms. The number of nitrogens with one attached hydrogen (secondary N) is 2. The molecule has 4 aromatic carbocycles. The van der Waals surface area contributed by atoms with Crippen molar-refractivity contribution in [2.24, 2.45) is 0 Å². The molecular formula is C38H42Cl2N2O2. The Bertz CT molecular complexity index is 1460. The molecule has 230 valence electrons. The highest BCUT2D eigenvalue weighted by molar-refractivity contribution is 6.32. The van der Waals surface area contributed by atoms with E-state index in [9.17, 15) is 0 Å². The van der Waals surface area contributed by atoms with E-state index in [0.29, 0.717) is 47.2 Å². The molecule has 44 heavy (non-hydrogen) atoms. The number of hydrogen-bond acceptors (Lipinski definition) is 4. The van der Waals surface area contributed by atoms with Crippen molar-refractivity contribution in [2.75, 3.05) is 27.3 Å². The van der Waals surface area contributed by atoms with E-state index in [1.807, 2.05) is 26.2 Å². The third-order valence-electron chi connectivity index (χ3n) is 9.45. The van der Waals surface area contributed by atoms with Gasteiger partial charge in [-0.2, -0.15) is 0 Å². The average Bonchev–Trinajstić information content (AvgIpc) is 3.07. The Labute approximate surface area is 272 Å². The lowest BCUT2D eigenvalue weighted by Crippen LogP contribution is -2.24. The van der Waals surface area contributed by atoms with Crippen LogP contribution in [0.2, 0.25) is 10.0 Å². The van der Waals surface area contributed by atoms with Gasteiger partial charge >= 0.3 is 0 Å². The molecule has 6 heteroatoms. The molecule has 6 rings (SSSR count). The second-order valence-electron chi connectivity index (χ2n) is 12.0. The molecule has 0 radical (unpaired) electrons. The number of halogens is 2. The predicted octanol–water partition coefficient (Wildman–Crippen LogP) is 9.60. The summed E-state index contributed by atoms with van der Waals surface area (Å²) in [5.41, 5.74) is 8.07. The lowest BCUT2D eigenvalue weighted by atomic mass is 9.77. The highest BCUT2D eigenvalue weighted by Crippen LogP contribution is 2.44. The molecule has 0 heterocycles. The topological polar surface area (TPSA) is 42.5 Å². The highest BCUT2D eigenvalue weighted by Gasteiger charge is 2.29. The first-order valence-corrected chi connectivity index (χ1v) is 16.7. The molecule has 2 aliphatic carbocycles. The lowest BCUT2D eigenvalue weighted by Gasteiger charge is -2.32. The van der Waals surface area contributed by atoms with Gasteiger partial charge in [0.15, 0.2) is 0 Å². The fourth-order valence-corrected chi connectivity index (χ4v) is 7.48. The second-order valence-corrected chi connectivity index (χ2v) is 12.8. The number of ether oxygens (including phenoxy) is 2. The van der Waals surface area contributed by atoms with Crippen molar-refractivity contribution in [3.63, 3.8) is 0 Å². The van der Waals surface area contributed by atoms with Gasteiger partial charge in [0.05, 0.1) is 23.3 Å². The second kappa shape index (κ2) is 14.4. The molecule has 0 amide bonds. The quantitative estimate of drug-likeness (QED) is 0.162. The zero-order chi connectivity index (χ0) is 30.5. The average molecular weight is 630 g/mol. The van der Waals surface area contributed by atoms with Crippen LogP contribution in [0.15, 0.2) is 84.9 Å². The molecule has 4 unspecified atom stereocenters. The minimum atomic E-state index is 0.344. The van der Waals surface area contributed by atoms with E-state index in [4.69, 9.17) is 32.7 Å². The van der Waals surface area contributed by atoms with Crippen molar-refractivity contribution >= 4 is 23.2 Å². The van der Waals surface area contributed by atoms with Crippen LogP contribution >= 0.6 is 23.2 Å². The third kappa shape index (κ3) is 6.65. The smallest absolute Gasteiger partial charge is 0.138 e. The van der Waals surface area contributed by atoms with Crippen LogP contribution in [0.5, 0.6) is 11.5 Å². The van der Waals surface area contributed by atoms with Crippen LogP contribution in [0, 0.1) is 0 Å². The van der Waals surface area contributed by atoms with Crippen LogP contribution in [0.1, 0.15) is 95.8 Å². The first kappa shape index (κ1) is 31.0. The number of rotatable bonds is 11. The molecule has 0 spiro atoms. The first-order chi connectivity index (χ1) is 21.6. The van der Waals surface area contributed by atoms with Gasteiger partial charge in [-0.15, -0.1) is 0 Å². The molecule has 0 aliphatic heterocycles. The monoisotopic (exact) mass is 628 g/mol. The van der Waals surface area contributed by atoms with Crippen molar-refractivity contribution < 1.29 is 9.47 Å². The van der Waals surface area contributed by atoms with Crippen LogP contribution < -0.4 is 20.1 Å². The summed E-state index contributed by atoms with van der Waals surface area (Å²) in [5.74, 6) is 2.19. The Hall–Kier alpha value is -3.02. The van der Waals surface area contributed by atoms with Gasteiger partial charge in [0.2, 0.25) is 0 Å². The van der Waals surface area contributed by atoms with Crippen LogP contribution in [0.3, 0.4) is 0 Å². The lowest BCUT2D eigenvalue weighted by molar-refractivity contribution is 0.266. The molecule has 4 aromatic rings. The molecule has 0 saturated carbocycles. The Morgan fingerprint density at radius 3 is 1.39 bits per heavy atom. The Kier molecular flexibility index (Phi) is 10.1. The summed E-state index contributed by atoms with van der Waals surface area (Å²) in [6, 6.07) is 30.8. The van der Waals surface area contributed by atoms with Crippen molar-refractivity contribution in [3.8, 4) is 11.5 Å². The molecule has 0 fully saturated rings. The van der Waals surface area contributed by atoms with Gasteiger partial charge in [-0.1, -0.05) is 83.9 Å². The minimum absolute atomic E-state index is 0.344. The first-order valence-electron chi connectivity index (χ1n) is 15.9. The van der Waals surface area contributed by atoms with Crippen molar-refractivity contribution in [3.05, 3.63) is 128 Å². The van der Waals surface area contributed by atoms with E-state index < -0.39 is 0 Å².